The maximum atomic E-state index is 13.7. The molecule has 3 nitrogen and oxygen atoms in total. The molecule has 0 aromatic heterocycles. The van der Waals surface area contributed by atoms with E-state index in [0.717, 1.165) is 0 Å². The topological polar surface area (TPSA) is 35.5 Å². The Labute approximate surface area is 131 Å². The van der Waals surface area contributed by atoms with Gasteiger partial charge in [-0.25, -0.2) is 4.39 Å². The molecule has 0 spiro atoms. The van der Waals surface area contributed by atoms with Gasteiger partial charge in [-0.2, -0.15) is 0 Å². The minimum absolute atomic E-state index is 0.0676. The van der Waals surface area contributed by atoms with Gasteiger partial charge in [-0.1, -0.05) is 29.3 Å². The first-order chi connectivity index (χ1) is 10.0. The van der Waals surface area contributed by atoms with Crippen molar-refractivity contribution in [3.63, 3.8) is 0 Å². The Balaban J connectivity index is 2.29. The summed E-state index contributed by atoms with van der Waals surface area (Å²) < 4.78 is 24.3. The molecule has 6 heteroatoms. The second-order valence-electron chi connectivity index (χ2n) is 4.17. The summed E-state index contributed by atoms with van der Waals surface area (Å²) in [5, 5.41) is 0.646. The maximum Gasteiger partial charge on any atom is 0.172 e. The predicted molar refractivity (Wildman–Crippen MR) is 79.1 cm³/mol. The largest absolute Gasteiger partial charge is 0.493 e. The van der Waals surface area contributed by atoms with E-state index in [4.69, 9.17) is 32.7 Å². The van der Waals surface area contributed by atoms with Gasteiger partial charge in [0.2, 0.25) is 0 Å². The lowest BCUT2D eigenvalue weighted by Crippen LogP contribution is -2.02. The van der Waals surface area contributed by atoms with Crippen LogP contribution in [-0.2, 0) is 6.61 Å². The van der Waals surface area contributed by atoms with Gasteiger partial charge in [-0.3, -0.25) is 4.79 Å². The highest BCUT2D eigenvalue weighted by Crippen LogP contribution is 2.34. The fraction of sp³-hybridized carbons (Fsp3) is 0.133. The molecule has 2 aromatic rings. The number of methoxy groups -OCH3 is 1. The molecule has 0 N–H and O–H groups in total. The Bertz CT molecular complexity index is 674. The summed E-state index contributed by atoms with van der Waals surface area (Å²) >= 11 is 11.6. The van der Waals surface area contributed by atoms with Crippen LogP contribution in [0.1, 0.15) is 15.9 Å². The monoisotopic (exact) mass is 328 g/mol. The summed E-state index contributed by atoms with van der Waals surface area (Å²) in [5.41, 5.74) is 0.543. The molecule has 0 amide bonds. The molecule has 0 bridgehead atoms. The lowest BCUT2D eigenvalue weighted by molar-refractivity contribution is 0.111. The van der Waals surface area contributed by atoms with Crippen molar-refractivity contribution in [2.75, 3.05) is 7.11 Å². The highest BCUT2D eigenvalue weighted by molar-refractivity contribution is 6.31. The fourth-order valence-electron chi connectivity index (χ4n) is 1.77. The summed E-state index contributed by atoms with van der Waals surface area (Å²) in [6.45, 7) is -0.0676. The Hall–Kier alpha value is -1.78. The van der Waals surface area contributed by atoms with Gasteiger partial charge < -0.3 is 9.47 Å². The molecule has 0 saturated carbocycles. The number of aldehydes is 1. The lowest BCUT2D eigenvalue weighted by Gasteiger charge is -2.13. The standard InChI is InChI=1S/C15H11Cl2FO3/c1-20-14-6-12(17)4-10(7-19)15(14)21-8-9-2-3-11(16)5-13(9)18/h2-7H,8H2,1H3. The van der Waals surface area contributed by atoms with Crippen LogP contribution in [-0.4, -0.2) is 13.4 Å². The van der Waals surface area contributed by atoms with E-state index in [1.807, 2.05) is 0 Å². The van der Waals surface area contributed by atoms with Crippen molar-refractivity contribution in [2.24, 2.45) is 0 Å². The summed E-state index contributed by atoms with van der Waals surface area (Å²) in [4.78, 5) is 11.1. The Morgan fingerprint density at radius 1 is 1.19 bits per heavy atom. The zero-order valence-corrected chi connectivity index (χ0v) is 12.5. The summed E-state index contributed by atoms with van der Waals surface area (Å²) in [6, 6.07) is 7.23. The van der Waals surface area contributed by atoms with Crippen molar-refractivity contribution in [3.05, 3.63) is 57.3 Å². The number of benzene rings is 2. The smallest absolute Gasteiger partial charge is 0.172 e. The number of hydrogen-bond acceptors (Lipinski definition) is 3. The second-order valence-corrected chi connectivity index (χ2v) is 5.04. The van der Waals surface area contributed by atoms with E-state index in [9.17, 15) is 9.18 Å². The quantitative estimate of drug-likeness (QED) is 0.756. The molecule has 0 aliphatic heterocycles. The highest BCUT2D eigenvalue weighted by Gasteiger charge is 2.13. The lowest BCUT2D eigenvalue weighted by atomic mass is 10.2. The van der Waals surface area contributed by atoms with Gasteiger partial charge in [-0.15, -0.1) is 0 Å². The van der Waals surface area contributed by atoms with Crippen molar-refractivity contribution >= 4 is 29.5 Å². The number of carbonyl (C=O) groups is 1. The van der Waals surface area contributed by atoms with Gasteiger partial charge in [0.25, 0.3) is 0 Å². The van der Waals surface area contributed by atoms with Gasteiger partial charge in [-0.05, 0) is 18.2 Å². The van der Waals surface area contributed by atoms with Crippen LogP contribution < -0.4 is 9.47 Å². The van der Waals surface area contributed by atoms with Gasteiger partial charge >= 0.3 is 0 Å². The molecule has 2 rings (SSSR count). The van der Waals surface area contributed by atoms with Crippen LogP contribution in [0.15, 0.2) is 30.3 Å². The van der Waals surface area contributed by atoms with Crippen molar-refractivity contribution < 1.29 is 18.7 Å². The number of carbonyl (C=O) groups excluding carboxylic acids is 1. The zero-order chi connectivity index (χ0) is 15.4. The molecule has 0 heterocycles. The molecule has 0 saturated heterocycles. The first-order valence-electron chi connectivity index (χ1n) is 5.94. The van der Waals surface area contributed by atoms with E-state index in [2.05, 4.69) is 0 Å². The Kier molecular flexibility index (Phi) is 5.04. The van der Waals surface area contributed by atoms with E-state index >= 15 is 0 Å². The van der Waals surface area contributed by atoms with Crippen molar-refractivity contribution in [3.8, 4) is 11.5 Å². The number of hydrogen-bond donors (Lipinski definition) is 0. The first kappa shape index (κ1) is 15.6. The van der Waals surface area contributed by atoms with Crippen LogP contribution >= 0.6 is 23.2 Å². The zero-order valence-electron chi connectivity index (χ0n) is 11.0. The van der Waals surface area contributed by atoms with Crippen molar-refractivity contribution in [2.45, 2.75) is 6.61 Å². The number of halogens is 3. The van der Waals surface area contributed by atoms with Gasteiger partial charge in [0.1, 0.15) is 12.4 Å². The molecule has 110 valence electrons. The van der Waals surface area contributed by atoms with Crippen LogP contribution in [0.4, 0.5) is 4.39 Å². The first-order valence-corrected chi connectivity index (χ1v) is 6.70. The normalized spacial score (nSPS) is 10.3. The highest BCUT2D eigenvalue weighted by atomic mass is 35.5. The average molecular weight is 329 g/mol. The molecule has 0 unspecified atom stereocenters. The maximum absolute atomic E-state index is 13.7. The van der Waals surface area contributed by atoms with Crippen LogP contribution in [0.3, 0.4) is 0 Å². The van der Waals surface area contributed by atoms with Gasteiger partial charge in [0.15, 0.2) is 17.8 Å². The minimum Gasteiger partial charge on any atom is -0.493 e. The third-order valence-corrected chi connectivity index (χ3v) is 3.24. The molecular formula is C15H11Cl2FO3. The Morgan fingerprint density at radius 2 is 1.95 bits per heavy atom. The van der Waals surface area contributed by atoms with Crippen molar-refractivity contribution in [1.82, 2.24) is 0 Å². The molecular weight excluding hydrogens is 318 g/mol. The van der Waals surface area contributed by atoms with E-state index < -0.39 is 5.82 Å². The van der Waals surface area contributed by atoms with Crippen LogP contribution in [0.5, 0.6) is 11.5 Å². The summed E-state index contributed by atoms with van der Waals surface area (Å²) in [7, 11) is 1.43. The SMILES string of the molecule is COc1cc(Cl)cc(C=O)c1OCc1ccc(Cl)cc1F. The fourth-order valence-corrected chi connectivity index (χ4v) is 2.15. The Morgan fingerprint density at radius 3 is 2.57 bits per heavy atom. The number of rotatable bonds is 5. The molecule has 0 atom stereocenters. The average Bonchev–Trinajstić information content (AvgIpc) is 2.46. The molecule has 0 aliphatic carbocycles. The third-order valence-electron chi connectivity index (χ3n) is 2.78. The molecule has 21 heavy (non-hydrogen) atoms. The molecule has 0 fully saturated rings. The van der Waals surface area contributed by atoms with Gasteiger partial charge in [0.05, 0.1) is 12.7 Å². The number of ether oxygens (including phenoxy) is 2. The molecule has 0 aliphatic rings. The van der Waals surface area contributed by atoms with Crippen LogP contribution in [0, 0.1) is 5.82 Å². The van der Waals surface area contributed by atoms with E-state index in [-0.39, 0.29) is 17.9 Å². The van der Waals surface area contributed by atoms with E-state index in [1.165, 1.54) is 31.4 Å². The van der Waals surface area contributed by atoms with Crippen LogP contribution in [0.25, 0.3) is 0 Å². The van der Waals surface area contributed by atoms with E-state index in [1.54, 1.807) is 6.07 Å². The molecule has 2 aromatic carbocycles. The predicted octanol–water partition coefficient (Wildman–Crippen LogP) is 4.53. The summed E-state index contributed by atoms with van der Waals surface area (Å²) in [5.74, 6) is 0.0355. The summed E-state index contributed by atoms with van der Waals surface area (Å²) in [6.07, 6.45) is 0.599. The van der Waals surface area contributed by atoms with Crippen molar-refractivity contribution in [1.29, 1.82) is 0 Å². The van der Waals surface area contributed by atoms with Gasteiger partial charge in [0, 0.05) is 21.7 Å². The van der Waals surface area contributed by atoms with Crippen LogP contribution in [0.2, 0.25) is 10.0 Å². The van der Waals surface area contributed by atoms with E-state index in [0.29, 0.717) is 27.6 Å². The third kappa shape index (κ3) is 3.65. The molecule has 0 radical (unpaired) electrons. The minimum atomic E-state index is -0.483. The second kappa shape index (κ2) is 6.78.